The zero-order valence-electron chi connectivity index (χ0n) is 13.2. The van der Waals surface area contributed by atoms with Gasteiger partial charge in [0.15, 0.2) is 16.3 Å². The molecule has 2 rings (SSSR count). The summed E-state index contributed by atoms with van der Waals surface area (Å²) in [4.78, 5) is 29.0. The lowest BCUT2D eigenvalue weighted by Crippen LogP contribution is -2.37. The lowest BCUT2D eigenvalue weighted by atomic mass is 10.3. The van der Waals surface area contributed by atoms with E-state index in [0.29, 0.717) is 28.6 Å². The van der Waals surface area contributed by atoms with Crippen LogP contribution in [0.15, 0.2) is 26.9 Å². The number of aryl methyl sites for hydroxylation is 1. The number of thioether (sulfide) groups is 1. The molecule has 2 aromatic rings. The standard InChI is InChI=1S/C14H19ClN4O3S/c1-8(2)6-19-10-11(16-13(19)23-7-9(20)5-15)17(3)14(22)18(4)12(10)21/h9,20H,1,5-7H2,2-4H3/t9-/m0/s1. The molecule has 0 aliphatic carbocycles. The van der Waals surface area contributed by atoms with Crippen LogP contribution < -0.4 is 11.2 Å². The number of allylic oxidation sites excluding steroid dienone is 1. The molecular weight excluding hydrogens is 340 g/mol. The maximum absolute atomic E-state index is 12.5. The van der Waals surface area contributed by atoms with Gasteiger partial charge in [0, 0.05) is 32.3 Å². The molecule has 1 atom stereocenters. The Bertz CT molecular complexity index is 868. The van der Waals surface area contributed by atoms with Crippen molar-refractivity contribution in [3.63, 3.8) is 0 Å². The van der Waals surface area contributed by atoms with E-state index in [0.717, 1.165) is 10.1 Å². The van der Waals surface area contributed by atoms with E-state index in [1.54, 1.807) is 11.6 Å². The molecule has 0 saturated carbocycles. The third-order valence-electron chi connectivity index (χ3n) is 3.32. The lowest BCUT2D eigenvalue weighted by molar-refractivity contribution is 0.223. The maximum atomic E-state index is 12.5. The van der Waals surface area contributed by atoms with Crippen molar-refractivity contribution in [2.45, 2.75) is 24.7 Å². The molecule has 7 nitrogen and oxygen atoms in total. The van der Waals surface area contributed by atoms with Crippen LogP contribution in [0.4, 0.5) is 0 Å². The van der Waals surface area contributed by atoms with Crippen LogP contribution in [0.3, 0.4) is 0 Å². The minimum absolute atomic E-state index is 0.119. The quantitative estimate of drug-likeness (QED) is 0.467. The van der Waals surface area contributed by atoms with Gasteiger partial charge in [0.1, 0.15) is 0 Å². The van der Waals surface area contributed by atoms with Gasteiger partial charge in [-0.05, 0) is 6.92 Å². The van der Waals surface area contributed by atoms with E-state index in [1.807, 2.05) is 6.92 Å². The van der Waals surface area contributed by atoms with Gasteiger partial charge in [-0.3, -0.25) is 13.9 Å². The number of hydrogen-bond acceptors (Lipinski definition) is 5. The summed E-state index contributed by atoms with van der Waals surface area (Å²) in [5.74, 6) is 0.464. The van der Waals surface area contributed by atoms with Gasteiger partial charge in [-0.1, -0.05) is 23.9 Å². The molecule has 0 amide bonds. The topological polar surface area (TPSA) is 82.1 Å². The van der Waals surface area contributed by atoms with Crippen molar-refractivity contribution in [1.82, 2.24) is 18.7 Å². The monoisotopic (exact) mass is 358 g/mol. The zero-order chi connectivity index (χ0) is 17.3. The third kappa shape index (κ3) is 3.39. The van der Waals surface area contributed by atoms with Crippen LogP contribution in [0, 0.1) is 0 Å². The van der Waals surface area contributed by atoms with Gasteiger partial charge in [0.2, 0.25) is 0 Å². The fraction of sp³-hybridized carbons (Fsp3) is 0.500. The summed E-state index contributed by atoms with van der Waals surface area (Å²) in [6, 6.07) is 0. The van der Waals surface area contributed by atoms with Crippen molar-refractivity contribution in [3.05, 3.63) is 33.0 Å². The van der Waals surface area contributed by atoms with Gasteiger partial charge in [-0.25, -0.2) is 9.78 Å². The summed E-state index contributed by atoms with van der Waals surface area (Å²) < 4.78 is 4.12. The number of imidazole rings is 1. The summed E-state index contributed by atoms with van der Waals surface area (Å²) in [5, 5.41) is 10.2. The molecule has 126 valence electrons. The number of halogens is 1. The first-order valence-corrected chi connectivity index (χ1v) is 8.47. The molecule has 0 bridgehead atoms. The molecule has 0 saturated heterocycles. The number of alkyl halides is 1. The molecule has 0 fully saturated rings. The number of aliphatic hydroxyl groups excluding tert-OH is 1. The third-order valence-corrected chi connectivity index (χ3v) is 4.80. The molecule has 0 aromatic carbocycles. The second-order valence-electron chi connectivity index (χ2n) is 5.43. The van der Waals surface area contributed by atoms with Crippen molar-refractivity contribution in [1.29, 1.82) is 0 Å². The Morgan fingerprint density at radius 2 is 2.04 bits per heavy atom. The molecule has 2 heterocycles. The number of rotatable bonds is 6. The number of aromatic nitrogens is 4. The fourth-order valence-corrected chi connectivity index (χ4v) is 3.33. The largest absolute Gasteiger partial charge is 0.391 e. The van der Waals surface area contributed by atoms with Gasteiger partial charge in [0.25, 0.3) is 5.56 Å². The van der Waals surface area contributed by atoms with Crippen LogP contribution in [0.1, 0.15) is 6.92 Å². The van der Waals surface area contributed by atoms with E-state index in [1.165, 1.54) is 23.4 Å². The normalized spacial score (nSPS) is 12.7. The van der Waals surface area contributed by atoms with Crippen LogP contribution in [-0.2, 0) is 20.6 Å². The molecule has 0 radical (unpaired) electrons. The molecular formula is C14H19ClN4O3S. The zero-order valence-corrected chi connectivity index (χ0v) is 14.8. The van der Waals surface area contributed by atoms with Gasteiger partial charge in [-0.15, -0.1) is 11.6 Å². The second kappa shape index (κ2) is 6.94. The summed E-state index contributed by atoms with van der Waals surface area (Å²) >= 11 is 6.90. The Balaban J connectivity index is 2.69. The van der Waals surface area contributed by atoms with E-state index in [-0.39, 0.29) is 5.88 Å². The predicted molar refractivity (Wildman–Crippen MR) is 92.5 cm³/mol. The summed E-state index contributed by atoms with van der Waals surface area (Å²) in [6.45, 7) is 6.13. The van der Waals surface area contributed by atoms with Crippen molar-refractivity contribution in [3.8, 4) is 0 Å². The molecule has 0 unspecified atom stereocenters. The van der Waals surface area contributed by atoms with Crippen LogP contribution in [0.2, 0.25) is 0 Å². The van der Waals surface area contributed by atoms with E-state index >= 15 is 0 Å². The van der Waals surface area contributed by atoms with Gasteiger partial charge < -0.3 is 9.67 Å². The predicted octanol–water partition coefficient (Wildman–Crippen LogP) is 0.702. The Kier molecular flexibility index (Phi) is 5.38. The number of aliphatic hydroxyl groups is 1. The highest BCUT2D eigenvalue weighted by molar-refractivity contribution is 7.99. The van der Waals surface area contributed by atoms with Crippen molar-refractivity contribution >= 4 is 34.5 Å². The lowest BCUT2D eigenvalue weighted by Gasteiger charge is -2.10. The van der Waals surface area contributed by atoms with Gasteiger partial charge >= 0.3 is 5.69 Å². The molecule has 0 aliphatic heterocycles. The average Bonchev–Trinajstić information content (AvgIpc) is 2.86. The van der Waals surface area contributed by atoms with Crippen LogP contribution in [0.5, 0.6) is 0 Å². The fourth-order valence-electron chi connectivity index (χ4n) is 2.17. The SMILES string of the molecule is C=C(C)Cn1c(SC[C@@H](O)CCl)nc2c1c(=O)n(C)c(=O)n2C. The smallest absolute Gasteiger partial charge is 0.332 e. The van der Waals surface area contributed by atoms with Crippen LogP contribution in [0.25, 0.3) is 11.2 Å². The Labute approximate surface area is 142 Å². The molecule has 1 N–H and O–H groups in total. The second-order valence-corrected chi connectivity index (χ2v) is 6.73. The van der Waals surface area contributed by atoms with Crippen LogP contribution >= 0.6 is 23.4 Å². The Morgan fingerprint density at radius 1 is 1.39 bits per heavy atom. The minimum atomic E-state index is -0.675. The van der Waals surface area contributed by atoms with Gasteiger partial charge in [-0.2, -0.15) is 0 Å². The maximum Gasteiger partial charge on any atom is 0.332 e. The number of fused-ring (bicyclic) bond motifs is 1. The van der Waals surface area contributed by atoms with Crippen molar-refractivity contribution < 1.29 is 5.11 Å². The highest BCUT2D eigenvalue weighted by Crippen LogP contribution is 2.23. The number of nitrogens with zero attached hydrogens (tertiary/aromatic N) is 4. The van der Waals surface area contributed by atoms with E-state index in [4.69, 9.17) is 11.6 Å². The minimum Gasteiger partial charge on any atom is -0.391 e. The summed E-state index contributed by atoms with van der Waals surface area (Å²) in [6.07, 6.45) is -0.675. The summed E-state index contributed by atoms with van der Waals surface area (Å²) in [5.41, 5.74) is 0.684. The molecule has 0 aliphatic rings. The van der Waals surface area contributed by atoms with Crippen LogP contribution in [-0.4, -0.2) is 41.5 Å². The first-order chi connectivity index (χ1) is 10.8. The number of hydrogen-bond donors (Lipinski definition) is 1. The van der Waals surface area contributed by atoms with Gasteiger partial charge in [0.05, 0.1) is 6.10 Å². The van der Waals surface area contributed by atoms with Crippen molar-refractivity contribution in [2.75, 3.05) is 11.6 Å². The average molecular weight is 359 g/mol. The first-order valence-electron chi connectivity index (χ1n) is 6.95. The van der Waals surface area contributed by atoms with E-state index < -0.39 is 17.4 Å². The molecule has 2 aromatic heterocycles. The van der Waals surface area contributed by atoms with Crippen molar-refractivity contribution in [2.24, 2.45) is 14.1 Å². The Morgan fingerprint density at radius 3 is 2.61 bits per heavy atom. The first kappa shape index (κ1) is 17.8. The highest BCUT2D eigenvalue weighted by atomic mass is 35.5. The highest BCUT2D eigenvalue weighted by Gasteiger charge is 2.20. The Hall–Kier alpha value is -1.51. The molecule has 9 heteroatoms. The van der Waals surface area contributed by atoms with E-state index in [2.05, 4.69) is 11.6 Å². The molecule has 0 spiro atoms. The van der Waals surface area contributed by atoms with E-state index in [9.17, 15) is 14.7 Å². The summed E-state index contributed by atoms with van der Waals surface area (Å²) in [7, 11) is 3.01. The molecule has 23 heavy (non-hydrogen) atoms.